The average Bonchev–Trinajstić information content (AvgIpc) is 3.64. The van der Waals surface area contributed by atoms with E-state index in [1.54, 1.807) is 23.5 Å². The summed E-state index contributed by atoms with van der Waals surface area (Å²) in [5.74, 6) is -1.35. The fourth-order valence-electron chi connectivity index (χ4n) is 4.45. The number of nitriles is 1. The molecule has 0 fully saturated rings. The first kappa shape index (κ1) is 27.1. The molecule has 1 aliphatic carbocycles. The largest absolute Gasteiger partial charge is 0.477 e. The molecule has 1 aliphatic rings. The molecule has 0 bridgehead atoms. The van der Waals surface area contributed by atoms with Gasteiger partial charge in [-0.05, 0) is 68.8 Å². The van der Waals surface area contributed by atoms with Crippen molar-refractivity contribution in [3.63, 3.8) is 0 Å². The molecule has 2 aromatic heterocycles. The fourth-order valence-corrected chi connectivity index (χ4v) is 6.87. The van der Waals surface area contributed by atoms with Crippen molar-refractivity contribution in [2.75, 3.05) is 11.4 Å². The van der Waals surface area contributed by atoms with E-state index in [1.165, 1.54) is 28.5 Å². The van der Waals surface area contributed by atoms with E-state index in [0.29, 0.717) is 16.0 Å². The van der Waals surface area contributed by atoms with Gasteiger partial charge in [-0.25, -0.2) is 4.79 Å². The second-order valence-electron chi connectivity index (χ2n) is 9.48. The number of carbonyl (C=O) groups excluding carboxylic acids is 1. The number of rotatable bonds is 8. The first-order valence-corrected chi connectivity index (χ1v) is 14.3. The van der Waals surface area contributed by atoms with Crippen LogP contribution in [0.1, 0.15) is 40.2 Å². The van der Waals surface area contributed by atoms with Gasteiger partial charge in [0.1, 0.15) is 11.6 Å². The number of carbonyl (C=O) groups is 2. The van der Waals surface area contributed by atoms with Crippen LogP contribution in [0.15, 0.2) is 90.0 Å². The maximum absolute atomic E-state index is 13.1. The molecular formula is C33H26N2O3S2. The minimum atomic E-state index is -1.28. The molecule has 0 saturated carbocycles. The van der Waals surface area contributed by atoms with Gasteiger partial charge in [0, 0.05) is 38.8 Å². The highest BCUT2D eigenvalue weighted by Crippen LogP contribution is 2.49. The monoisotopic (exact) mass is 562 g/mol. The zero-order chi connectivity index (χ0) is 28.4. The minimum Gasteiger partial charge on any atom is -0.477 e. The normalized spacial score (nSPS) is 12.9. The Balaban J connectivity index is 1.44. The molecule has 0 aliphatic heterocycles. The van der Waals surface area contributed by atoms with E-state index in [4.69, 9.17) is 10.4 Å². The Morgan fingerprint density at radius 3 is 2.25 bits per heavy atom. The van der Waals surface area contributed by atoms with Gasteiger partial charge >= 0.3 is 5.97 Å². The molecule has 0 atom stereocenters. The number of nitrogens with zero attached hydrogens (tertiary/aromatic N) is 2. The number of thiophene rings is 2. The SMILES string of the molecule is CC=C(C)C=CCN(c1ccc(C)cc1)c1ccc(-c2cc3c(s2)-c2sc(C=C(C#N)C(=O)O)cc2C3=O)cc1. The molecule has 0 saturated heterocycles. The molecule has 0 amide bonds. The number of carboxylic acids is 1. The van der Waals surface area contributed by atoms with Crippen molar-refractivity contribution in [3.8, 4) is 26.3 Å². The molecule has 0 spiro atoms. The summed E-state index contributed by atoms with van der Waals surface area (Å²) < 4.78 is 0. The lowest BCUT2D eigenvalue weighted by molar-refractivity contribution is -0.132. The number of hydrogen-bond donors (Lipinski definition) is 1. The highest BCUT2D eigenvalue weighted by molar-refractivity contribution is 7.25. The second-order valence-corrected chi connectivity index (χ2v) is 11.6. The van der Waals surface area contributed by atoms with Crippen molar-refractivity contribution in [1.82, 2.24) is 0 Å². The van der Waals surface area contributed by atoms with Gasteiger partial charge in [0.15, 0.2) is 5.78 Å². The Morgan fingerprint density at radius 2 is 1.62 bits per heavy atom. The van der Waals surface area contributed by atoms with Crippen LogP contribution in [0.3, 0.4) is 0 Å². The minimum absolute atomic E-state index is 0.0670. The summed E-state index contributed by atoms with van der Waals surface area (Å²) >= 11 is 2.89. The summed E-state index contributed by atoms with van der Waals surface area (Å²) in [5, 5.41) is 18.2. The van der Waals surface area contributed by atoms with Crippen LogP contribution >= 0.6 is 22.7 Å². The zero-order valence-electron chi connectivity index (χ0n) is 22.3. The molecule has 198 valence electrons. The predicted molar refractivity (Wildman–Crippen MR) is 164 cm³/mol. The number of aliphatic carboxylic acids is 1. The van der Waals surface area contributed by atoms with E-state index in [0.717, 1.165) is 38.1 Å². The Labute approximate surface area is 241 Å². The van der Waals surface area contributed by atoms with Crippen LogP contribution in [-0.2, 0) is 4.79 Å². The number of ketones is 1. The molecule has 2 heterocycles. The van der Waals surface area contributed by atoms with Gasteiger partial charge in [0.25, 0.3) is 0 Å². The Kier molecular flexibility index (Phi) is 7.65. The van der Waals surface area contributed by atoms with E-state index >= 15 is 0 Å². The number of fused-ring (bicyclic) bond motifs is 3. The summed E-state index contributed by atoms with van der Waals surface area (Å²) in [6, 6.07) is 22.2. The van der Waals surface area contributed by atoms with Crippen molar-refractivity contribution in [1.29, 1.82) is 5.26 Å². The van der Waals surface area contributed by atoms with Crippen LogP contribution in [0, 0.1) is 18.3 Å². The van der Waals surface area contributed by atoms with Gasteiger partial charge in [0.2, 0.25) is 0 Å². The molecule has 0 unspecified atom stereocenters. The molecule has 2 aromatic carbocycles. The van der Waals surface area contributed by atoms with Crippen LogP contribution < -0.4 is 4.90 Å². The molecular weight excluding hydrogens is 537 g/mol. The van der Waals surface area contributed by atoms with Gasteiger partial charge in [-0.1, -0.05) is 53.6 Å². The maximum Gasteiger partial charge on any atom is 0.346 e. The third-order valence-corrected chi connectivity index (χ3v) is 9.18. The van der Waals surface area contributed by atoms with Crippen LogP contribution in [-0.4, -0.2) is 23.4 Å². The molecule has 40 heavy (non-hydrogen) atoms. The standard InChI is InChI=1S/C33H26N2O3S2/c1-4-20(2)6-5-15-35(24-11-7-21(3)8-12-24)25-13-9-22(10-14-25)29-18-28-30(36)27-17-26(16-23(19-34)33(37)38)39-31(27)32(28)40-29/h4-14,16-18H,15H2,1-3H3,(H,37,38). The van der Waals surface area contributed by atoms with Crippen LogP contribution in [0.25, 0.3) is 26.3 Å². The van der Waals surface area contributed by atoms with Gasteiger partial charge in [-0.3, -0.25) is 4.79 Å². The van der Waals surface area contributed by atoms with Gasteiger partial charge in [0.05, 0.1) is 9.75 Å². The summed E-state index contributed by atoms with van der Waals surface area (Å²) in [7, 11) is 0. The number of allylic oxidation sites excluding steroid dienone is 3. The summed E-state index contributed by atoms with van der Waals surface area (Å²) in [5.41, 5.74) is 6.51. The van der Waals surface area contributed by atoms with E-state index < -0.39 is 5.97 Å². The number of anilines is 2. The summed E-state index contributed by atoms with van der Waals surface area (Å²) in [4.78, 5) is 29.9. The predicted octanol–water partition coefficient (Wildman–Crippen LogP) is 8.65. The molecule has 0 radical (unpaired) electrons. The number of hydrogen-bond acceptors (Lipinski definition) is 6. The van der Waals surface area contributed by atoms with E-state index in [-0.39, 0.29) is 11.4 Å². The molecule has 5 rings (SSSR count). The van der Waals surface area contributed by atoms with Crippen molar-refractivity contribution < 1.29 is 14.7 Å². The molecule has 1 N–H and O–H groups in total. The Hall–Kier alpha value is -4.51. The highest BCUT2D eigenvalue weighted by Gasteiger charge is 2.32. The van der Waals surface area contributed by atoms with Crippen LogP contribution in [0.4, 0.5) is 11.4 Å². The first-order valence-electron chi connectivity index (χ1n) is 12.7. The topological polar surface area (TPSA) is 81.4 Å². The van der Waals surface area contributed by atoms with Crippen molar-refractivity contribution >= 4 is 51.9 Å². The van der Waals surface area contributed by atoms with Gasteiger partial charge < -0.3 is 10.0 Å². The van der Waals surface area contributed by atoms with E-state index in [2.05, 4.69) is 85.5 Å². The van der Waals surface area contributed by atoms with Gasteiger partial charge in [-0.2, -0.15) is 5.26 Å². The molecule has 5 nitrogen and oxygen atoms in total. The first-order chi connectivity index (χ1) is 19.3. The van der Waals surface area contributed by atoms with E-state index in [9.17, 15) is 9.59 Å². The maximum atomic E-state index is 13.1. The third-order valence-electron chi connectivity index (χ3n) is 6.75. The Bertz CT molecular complexity index is 1740. The van der Waals surface area contributed by atoms with Crippen molar-refractivity contribution in [2.45, 2.75) is 20.8 Å². The average molecular weight is 563 g/mol. The summed E-state index contributed by atoms with van der Waals surface area (Å²) in [6.45, 7) is 6.92. The quantitative estimate of drug-likeness (QED) is 0.116. The fraction of sp³-hybridized carbons (Fsp3) is 0.121. The highest BCUT2D eigenvalue weighted by atomic mass is 32.1. The lowest BCUT2D eigenvalue weighted by Crippen LogP contribution is -2.16. The van der Waals surface area contributed by atoms with Crippen molar-refractivity contribution in [2.24, 2.45) is 0 Å². The van der Waals surface area contributed by atoms with Crippen LogP contribution in [0.5, 0.6) is 0 Å². The van der Waals surface area contributed by atoms with Crippen LogP contribution in [0.2, 0.25) is 0 Å². The number of aryl methyl sites for hydroxylation is 1. The molecule has 7 heteroatoms. The van der Waals surface area contributed by atoms with Crippen molar-refractivity contribution in [3.05, 3.63) is 112 Å². The summed E-state index contributed by atoms with van der Waals surface area (Å²) in [6.07, 6.45) is 7.69. The third kappa shape index (κ3) is 5.32. The zero-order valence-corrected chi connectivity index (χ0v) is 23.9. The van der Waals surface area contributed by atoms with E-state index in [1.807, 2.05) is 13.0 Å². The lowest BCUT2D eigenvalue weighted by atomic mass is 10.1. The second kappa shape index (κ2) is 11.3. The number of carboxylic acid groups (broad SMARTS) is 1. The lowest BCUT2D eigenvalue weighted by Gasteiger charge is -2.24. The van der Waals surface area contributed by atoms with Gasteiger partial charge in [-0.15, -0.1) is 22.7 Å². The molecule has 4 aromatic rings. The smallest absolute Gasteiger partial charge is 0.346 e. The number of benzene rings is 2. The Morgan fingerprint density at radius 1 is 1.00 bits per heavy atom.